The molecule has 0 fully saturated rings. The van der Waals surface area contributed by atoms with Gasteiger partial charge >= 0.3 is 5.97 Å². The molecule has 35 heavy (non-hydrogen) atoms. The number of hydrogen-bond acceptors (Lipinski definition) is 6. The molecule has 3 aromatic rings. The van der Waals surface area contributed by atoms with Gasteiger partial charge in [-0.05, 0) is 62.2 Å². The van der Waals surface area contributed by atoms with Crippen LogP contribution in [-0.2, 0) is 9.53 Å². The minimum atomic E-state index is -0.684. The number of esters is 1. The van der Waals surface area contributed by atoms with Gasteiger partial charge in [-0.1, -0.05) is 53.1 Å². The number of allylic oxidation sites excluding steroid dienone is 1. The number of thiazole rings is 1. The first-order valence-electron chi connectivity index (χ1n) is 10.9. The van der Waals surface area contributed by atoms with E-state index in [4.69, 9.17) is 27.5 Å². The molecule has 0 N–H and O–H groups in total. The van der Waals surface area contributed by atoms with Gasteiger partial charge in [-0.2, -0.15) is 0 Å². The van der Waals surface area contributed by atoms with Gasteiger partial charge in [0.25, 0.3) is 5.56 Å². The number of nitrogens with zero attached hydrogens (tertiary/aromatic N) is 2. The Balaban J connectivity index is 1.84. The second kappa shape index (κ2) is 10.3. The Bertz CT molecular complexity index is 1510. The van der Waals surface area contributed by atoms with Crippen LogP contribution in [0.4, 0.5) is 0 Å². The van der Waals surface area contributed by atoms with Crippen molar-refractivity contribution in [1.29, 1.82) is 0 Å². The minimum Gasteiger partial charge on any atom is -0.481 e. The molecule has 0 amide bonds. The number of halogens is 1. The van der Waals surface area contributed by atoms with Gasteiger partial charge in [0.15, 0.2) is 4.80 Å². The summed E-state index contributed by atoms with van der Waals surface area (Å²) in [6.45, 7) is 5.50. The molecule has 0 spiro atoms. The molecule has 0 aliphatic carbocycles. The summed E-state index contributed by atoms with van der Waals surface area (Å²) in [4.78, 5) is 31.8. The number of fused-ring (bicyclic) bond motifs is 1. The molecule has 1 aliphatic heterocycles. The molecule has 0 saturated carbocycles. The third kappa shape index (κ3) is 5.24. The minimum absolute atomic E-state index is 0.184. The smallest absolute Gasteiger partial charge is 0.338 e. The van der Waals surface area contributed by atoms with E-state index < -0.39 is 12.0 Å². The molecule has 6 nitrogen and oxygen atoms in total. The molecule has 178 valence electrons. The maximum Gasteiger partial charge on any atom is 0.338 e. The quantitative estimate of drug-likeness (QED) is 0.376. The molecule has 1 aromatic heterocycles. The standard InChI is InChI=1S/C27H23ClN2O4S/c1-5-14-33-21-12-6-18(7-13-21)15-22-25(31)30-24(19-8-10-20(28)11-9-19)23(26(32)34-16(2)3)17(4)29-27(30)35-22/h1,6-13,15-16,24H,14H2,2-4H3/b22-15-/t24-/m0/s1. The summed E-state index contributed by atoms with van der Waals surface area (Å²) in [7, 11) is 0. The normalized spacial score (nSPS) is 15.4. The number of carbonyl (C=O) groups is 1. The monoisotopic (exact) mass is 506 g/mol. The number of benzene rings is 2. The Morgan fingerprint density at radius 1 is 1.23 bits per heavy atom. The van der Waals surface area contributed by atoms with Gasteiger partial charge in [-0.3, -0.25) is 9.36 Å². The van der Waals surface area contributed by atoms with Crippen LogP contribution in [0.25, 0.3) is 6.08 Å². The lowest BCUT2D eigenvalue weighted by atomic mass is 9.96. The topological polar surface area (TPSA) is 69.9 Å². The third-order valence-corrected chi connectivity index (χ3v) is 6.51. The van der Waals surface area contributed by atoms with Crippen molar-refractivity contribution in [3.05, 3.63) is 95.6 Å². The number of terminal acetylenes is 1. The molecule has 4 rings (SSSR count). The van der Waals surface area contributed by atoms with Crippen molar-refractivity contribution in [2.45, 2.75) is 32.9 Å². The van der Waals surface area contributed by atoms with Gasteiger partial charge in [0.05, 0.1) is 27.9 Å². The van der Waals surface area contributed by atoms with E-state index in [9.17, 15) is 9.59 Å². The van der Waals surface area contributed by atoms with Crippen LogP contribution in [-0.4, -0.2) is 23.2 Å². The van der Waals surface area contributed by atoms with Crippen LogP contribution in [0.15, 0.2) is 69.6 Å². The number of hydrogen-bond donors (Lipinski definition) is 0. The van der Waals surface area contributed by atoms with E-state index in [-0.39, 0.29) is 18.3 Å². The average Bonchev–Trinajstić information content (AvgIpc) is 3.12. The molecule has 1 atom stereocenters. The zero-order chi connectivity index (χ0) is 25.1. The van der Waals surface area contributed by atoms with Crippen molar-refractivity contribution in [2.75, 3.05) is 6.61 Å². The van der Waals surface area contributed by atoms with Crippen molar-refractivity contribution in [1.82, 2.24) is 4.57 Å². The molecule has 8 heteroatoms. The first-order chi connectivity index (χ1) is 16.8. The van der Waals surface area contributed by atoms with Crippen molar-refractivity contribution in [2.24, 2.45) is 4.99 Å². The van der Waals surface area contributed by atoms with E-state index in [1.165, 1.54) is 11.3 Å². The fraction of sp³-hybridized carbons (Fsp3) is 0.222. The summed E-state index contributed by atoms with van der Waals surface area (Å²) in [5.74, 6) is 2.57. The van der Waals surface area contributed by atoms with Gasteiger partial charge in [0, 0.05) is 5.02 Å². The van der Waals surface area contributed by atoms with Crippen molar-refractivity contribution in [3.8, 4) is 18.1 Å². The lowest BCUT2D eigenvalue weighted by Crippen LogP contribution is -2.40. The van der Waals surface area contributed by atoms with Gasteiger partial charge in [0.1, 0.15) is 12.4 Å². The third-order valence-electron chi connectivity index (χ3n) is 5.27. The van der Waals surface area contributed by atoms with E-state index in [1.54, 1.807) is 67.8 Å². The first-order valence-corrected chi connectivity index (χ1v) is 12.1. The predicted molar refractivity (Wildman–Crippen MR) is 137 cm³/mol. The highest BCUT2D eigenvalue weighted by Crippen LogP contribution is 2.31. The molecule has 0 radical (unpaired) electrons. The highest BCUT2D eigenvalue weighted by Gasteiger charge is 2.33. The van der Waals surface area contributed by atoms with Gasteiger partial charge < -0.3 is 9.47 Å². The lowest BCUT2D eigenvalue weighted by Gasteiger charge is -2.25. The van der Waals surface area contributed by atoms with Crippen LogP contribution in [0.3, 0.4) is 0 Å². The Kier molecular flexibility index (Phi) is 7.25. The molecule has 2 heterocycles. The molecule has 0 unspecified atom stereocenters. The second-order valence-electron chi connectivity index (χ2n) is 8.15. The van der Waals surface area contributed by atoms with Crippen LogP contribution >= 0.6 is 22.9 Å². The summed E-state index contributed by atoms with van der Waals surface area (Å²) in [5.41, 5.74) is 2.15. The molecule has 0 saturated heterocycles. The van der Waals surface area contributed by atoms with Crippen LogP contribution in [0.2, 0.25) is 5.02 Å². The van der Waals surface area contributed by atoms with E-state index >= 15 is 0 Å². The Morgan fingerprint density at radius 2 is 1.91 bits per heavy atom. The van der Waals surface area contributed by atoms with Crippen LogP contribution < -0.4 is 19.6 Å². The number of aromatic nitrogens is 1. The van der Waals surface area contributed by atoms with E-state index in [2.05, 4.69) is 10.9 Å². The van der Waals surface area contributed by atoms with E-state index in [0.717, 1.165) is 11.1 Å². The fourth-order valence-corrected chi connectivity index (χ4v) is 4.93. The first kappa shape index (κ1) is 24.5. The van der Waals surface area contributed by atoms with Crippen molar-refractivity contribution < 1.29 is 14.3 Å². The van der Waals surface area contributed by atoms with Crippen LogP contribution in [0, 0.1) is 12.3 Å². The van der Waals surface area contributed by atoms with Crippen LogP contribution in [0.5, 0.6) is 5.75 Å². The maximum atomic E-state index is 13.6. The zero-order valence-corrected chi connectivity index (χ0v) is 21.0. The summed E-state index contributed by atoms with van der Waals surface area (Å²) in [5, 5.41) is 0.558. The Labute approximate surface area is 211 Å². The molecule has 1 aliphatic rings. The number of ether oxygens (including phenoxy) is 2. The van der Waals surface area contributed by atoms with E-state index in [1.807, 2.05) is 12.1 Å². The summed E-state index contributed by atoms with van der Waals surface area (Å²) in [6, 6.07) is 13.7. The highest BCUT2D eigenvalue weighted by molar-refractivity contribution is 7.07. The lowest BCUT2D eigenvalue weighted by molar-refractivity contribution is -0.143. The van der Waals surface area contributed by atoms with Crippen LogP contribution in [0.1, 0.15) is 37.9 Å². The SMILES string of the molecule is C#CCOc1ccc(/C=c2\sc3n(c2=O)[C@@H](c2ccc(Cl)cc2)C(C(=O)OC(C)C)=C(C)N=3)cc1. The fourth-order valence-electron chi connectivity index (χ4n) is 3.76. The van der Waals surface area contributed by atoms with Gasteiger partial charge in [-0.15, -0.1) is 6.42 Å². The van der Waals surface area contributed by atoms with Crippen molar-refractivity contribution >= 4 is 35.0 Å². The molecular weight excluding hydrogens is 484 g/mol. The predicted octanol–water partition coefficient (Wildman–Crippen LogP) is 3.85. The Hall–Kier alpha value is -3.60. The number of carbonyl (C=O) groups excluding carboxylic acids is 1. The largest absolute Gasteiger partial charge is 0.481 e. The number of rotatable bonds is 6. The molecule has 0 bridgehead atoms. The summed E-state index contributed by atoms with van der Waals surface area (Å²) in [6.07, 6.45) is 6.71. The zero-order valence-electron chi connectivity index (χ0n) is 19.4. The van der Waals surface area contributed by atoms with Gasteiger partial charge in [-0.25, -0.2) is 9.79 Å². The average molecular weight is 507 g/mol. The maximum absolute atomic E-state index is 13.6. The summed E-state index contributed by atoms with van der Waals surface area (Å²) < 4.78 is 13.0. The summed E-state index contributed by atoms with van der Waals surface area (Å²) >= 11 is 7.37. The van der Waals surface area contributed by atoms with E-state index in [0.29, 0.717) is 31.4 Å². The molecular formula is C27H23ClN2O4S. The van der Waals surface area contributed by atoms with Gasteiger partial charge in [0.2, 0.25) is 0 Å². The highest BCUT2D eigenvalue weighted by atomic mass is 35.5. The van der Waals surface area contributed by atoms with Crippen molar-refractivity contribution in [3.63, 3.8) is 0 Å². The molecule has 2 aromatic carbocycles. The second-order valence-corrected chi connectivity index (χ2v) is 9.59. The Morgan fingerprint density at radius 3 is 2.54 bits per heavy atom.